The van der Waals surface area contributed by atoms with Gasteiger partial charge < -0.3 is 5.32 Å². The topological polar surface area (TPSA) is 29.1 Å². The normalized spacial score (nSPS) is 22.3. The highest BCUT2D eigenvalue weighted by molar-refractivity contribution is 7.99. The molecule has 1 amide bonds. The zero-order chi connectivity index (χ0) is 15.6. The van der Waals surface area contributed by atoms with E-state index in [9.17, 15) is 22.4 Å². The molecule has 0 aliphatic heterocycles. The minimum absolute atomic E-state index is 0.0330. The predicted molar refractivity (Wildman–Crippen MR) is 73.8 cm³/mol. The fourth-order valence-corrected chi connectivity index (χ4v) is 3.23. The molecule has 0 bridgehead atoms. The molecule has 2 rings (SSSR count). The lowest BCUT2D eigenvalue weighted by molar-refractivity contribution is -0.140. The van der Waals surface area contributed by atoms with Gasteiger partial charge in [0.2, 0.25) is 0 Å². The smallest absolute Gasteiger partial charge is 0.349 e. The number of rotatable bonds is 3. The number of carbonyl (C=O) groups excluding carboxylic acids is 1. The quantitative estimate of drug-likeness (QED) is 0.857. The monoisotopic (exact) mass is 321 g/mol. The van der Waals surface area contributed by atoms with Gasteiger partial charge in [-0.05, 0) is 43.7 Å². The minimum atomic E-state index is -4.81. The molecular formula is C14H15F4NOS. The van der Waals surface area contributed by atoms with Gasteiger partial charge in [0.1, 0.15) is 5.82 Å². The molecule has 1 fully saturated rings. The maximum absolute atomic E-state index is 13.2. The van der Waals surface area contributed by atoms with Crippen molar-refractivity contribution in [2.75, 3.05) is 6.26 Å². The van der Waals surface area contributed by atoms with Crippen LogP contribution in [0.25, 0.3) is 0 Å². The molecule has 2 nitrogen and oxygen atoms in total. The molecule has 21 heavy (non-hydrogen) atoms. The predicted octanol–water partition coefficient (Wildman–Crippen LogP) is 3.86. The number of alkyl halides is 3. The molecule has 0 saturated heterocycles. The molecule has 7 heteroatoms. The van der Waals surface area contributed by atoms with Crippen LogP contribution in [0.15, 0.2) is 18.2 Å². The zero-order valence-electron chi connectivity index (χ0n) is 11.3. The SMILES string of the molecule is CSC1CCC(NC(=O)c2ccc(F)c(C(F)(F)F)c2)C1. The number of carbonyl (C=O) groups is 1. The minimum Gasteiger partial charge on any atom is -0.349 e. The summed E-state index contributed by atoms with van der Waals surface area (Å²) in [5.41, 5.74) is -1.58. The van der Waals surface area contributed by atoms with Gasteiger partial charge in [-0.1, -0.05) is 0 Å². The Balaban J connectivity index is 2.10. The van der Waals surface area contributed by atoms with Gasteiger partial charge in [0.05, 0.1) is 5.56 Å². The van der Waals surface area contributed by atoms with Gasteiger partial charge in [-0.15, -0.1) is 0 Å². The van der Waals surface area contributed by atoms with Crippen molar-refractivity contribution < 1.29 is 22.4 Å². The van der Waals surface area contributed by atoms with Crippen LogP contribution in [0.4, 0.5) is 17.6 Å². The Hall–Kier alpha value is -1.24. The van der Waals surface area contributed by atoms with Crippen LogP contribution < -0.4 is 5.32 Å². The lowest BCUT2D eigenvalue weighted by Gasteiger charge is -2.14. The Morgan fingerprint density at radius 3 is 2.62 bits per heavy atom. The van der Waals surface area contributed by atoms with Crippen molar-refractivity contribution in [2.24, 2.45) is 0 Å². The van der Waals surface area contributed by atoms with Crippen molar-refractivity contribution in [1.82, 2.24) is 5.32 Å². The maximum atomic E-state index is 13.2. The first kappa shape index (κ1) is 16.1. The molecule has 0 spiro atoms. The van der Waals surface area contributed by atoms with Crippen molar-refractivity contribution in [2.45, 2.75) is 36.7 Å². The van der Waals surface area contributed by atoms with Crippen LogP contribution in [-0.2, 0) is 6.18 Å². The summed E-state index contributed by atoms with van der Waals surface area (Å²) in [5, 5.41) is 3.18. The van der Waals surface area contributed by atoms with Crippen molar-refractivity contribution >= 4 is 17.7 Å². The third-order valence-corrected chi connectivity index (χ3v) is 4.68. The van der Waals surface area contributed by atoms with Crippen LogP contribution in [0.1, 0.15) is 35.2 Å². The summed E-state index contributed by atoms with van der Waals surface area (Å²) in [6, 6.07) is 2.28. The molecule has 1 saturated carbocycles. The molecule has 116 valence electrons. The summed E-state index contributed by atoms with van der Waals surface area (Å²) in [6.45, 7) is 0. The second-order valence-electron chi connectivity index (χ2n) is 5.03. The maximum Gasteiger partial charge on any atom is 0.419 e. The summed E-state index contributed by atoms with van der Waals surface area (Å²) in [6.07, 6.45) is -0.226. The molecular weight excluding hydrogens is 306 g/mol. The van der Waals surface area contributed by atoms with E-state index in [4.69, 9.17) is 0 Å². The van der Waals surface area contributed by atoms with Gasteiger partial charge in [0.25, 0.3) is 5.91 Å². The van der Waals surface area contributed by atoms with E-state index < -0.39 is 23.5 Å². The highest BCUT2D eigenvalue weighted by Gasteiger charge is 2.35. The first-order chi connectivity index (χ1) is 9.81. The largest absolute Gasteiger partial charge is 0.419 e. The molecule has 1 aliphatic carbocycles. The molecule has 1 aliphatic rings. The number of nitrogens with one attached hydrogen (secondary N) is 1. The van der Waals surface area contributed by atoms with E-state index in [1.165, 1.54) is 0 Å². The lowest BCUT2D eigenvalue weighted by atomic mass is 10.1. The standard InChI is InChI=1S/C14H15F4NOS/c1-21-10-4-3-9(7-10)19-13(20)8-2-5-12(15)11(6-8)14(16,17)18/h2,5-6,9-10H,3-4,7H2,1H3,(H,19,20). The molecule has 0 heterocycles. The third kappa shape index (κ3) is 3.90. The summed E-state index contributed by atoms with van der Waals surface area (Å²) in [7, 11) is 0. The first-order valence-electron chi connectivity index (χ1n) is 6.51. The van der Waals surface area contributed by atoms with Crippen molar-refractivity contribution in [3.8, 4) is 0 Å². The summed E-state index contributed by atoms with van der Waals surface area (Å²) < 4.78 is 51.0. The van der Waals surface area contributed by atoms with Crippen LogP contribution in [0.3, 0.4) is 0 Å². The van der Waals surface area contributed by atoms with E-state index in [1.54, 1.807) is 11.8 Å². The van der Waals surface area contributed by atoms with Gasteiger partial charge in [-0.25, -0.2) is 4.39 Å². The van der Waals surface area contributed by atoms with E-state index in [2.05, 4.69) is 5.32 Å². The number of hydrogen-bond donors (Lipinski definition) is 1. The van der Waals surface area contributed by atoms with Crippen LogP contribution in [0, 0.1) is 5.82 Å². The highest BCUT2D eigenvalue weighted by Crippen LogP contribution is 2.32. The first-order valence-corrected chi connectivity index (χ1v) is 7.80. The van der Waals surface area contributed by atoms with Crippen molar-refractivity contribution in [3.05, 3.63) is 35.1 Å². The third-order valence-electron chi connectivity index (χ3n) is 3.59. The van der Waals surface area contributed by atoms with E-state index >= 15 is 0 Å². The fourth-order valence-electron chi connectivity index (χ4n) is 2.44. The Morgan fingerprint density at radius 1 is 1.33 bits per heavy atom. The average Bonchev–Trinajstić information content (AvgIpc) is 2.85. The number of halogens is 4. The molecule has 1 aromatic carbocycles. The van der Waals surface area contributed by atoms with Crippen LogP contribution in [0.2, 0.25) is 0 Å². The lowest BCUT2D eigenvalue weighted by Crippen LogP contribution is -2.33. The highest BCUT2D eigenvalue weighted by atomic mass is 32.2. The number of amides is 1. The van der Waals surface area contributed by atoms with E-state index in [-0.39, 0.29) is 11.6 Å². The Morgan fingerprint density at radius 2 is 2.05 bits per heavy atom. The number of hydrogen-bond acceptors (Lipinski definition) is 2. The summed E-state index contributed by atoms with van der Waals surface area (Å²) in [4.78, 5) is 12.0. The molecule has 1 N–H and O–H groups in total. The van der Waals surface area contributed by atoms with Crippen molar-refractivity contribution in [3.63, 3.8) is 0 Å². The van der Waals surface area contributed by atoms with Gasteiger partial charge in [0, 0.05) is 16.9 Å². The van der Waals surface area contributed by atoms with Gasteiger partial charge in [-0.3, -0.25) is 4.79 Å². The van der Waals surface area contributed by atoms with Gasteiger partial charge in [-0.2, -0.15) is 24.9 Å². The second-order valence-corrected chi connectivity index (χ2v) is 6.17. The van der Waals surface area contributed by atoms with E-state index in [1.807, 2.05) is 6.26 Å². The van der Waals surface area contributed by atoms with Gasteiger partial charge in [0.15, 0.2) is 0 Å². The van der Waals surface area contributed by atoms with Gasteiger partial charge >= 0.3 is 6.18 Å². The molecule has 0 aromatic heterocycles. The molecule has 2 unspecified atom stereocenters. The Kier molecular flexibility index (Phi) is 4.81. The number of benzene rings is 1. The van der Waals surface area contributed by atoms with Crippen LogP contribution in [0.5, 0.6) is 0 Å². The zero-order valence-corrected chi connectivity index (χ0v) is 12.2. The summed E-state index contributed by atoms with van der Waals surface area (Å²) >= 11 is 1.72. The fraction of sp³-hybridized carbons (Fsp3) is 0.500. The Bertz CT molecular complexity index is 532. The summed E-state index contributed by atoms with van der Waals surface area (Å²) in [5.74, 6) is -1.96. The molecule has 1 aromatic rings. The van der Waals surface area contributed by atoms with Crippen molar-refractivity contribution in [1.29, 1.82) is 0 Å². The molecule has 2 atom stereocenters. The average molecular weight is 321 g/mol. The van der Waals surface area contributed by atoms with E-state index in [0.29, 0.717) is 17.4 Å². The Labute approximate surface area is 124 Å². The molecule has 0 radical (unpaired) electrons. The van der Waals surface area contributed by atoms with Crippen LogP contribution >= 0.6 is 11.8 Å². The van der Waals surface area contributed by atoms with Crippen LogP contribution in [-0.4, -0.2) is 23.5 Å². The second kappa shape index (κ2) is 6.25. The number of thioether (sulfide) groups is 1. The van der Waals surface area contributed by atoms with E-state index in [0.717, 1.165) is 25.3 Å².